The van der Waals surface area contributed by atoms with Crippen molar-refractivity contribution in [2.24, 2.45) is 0 Å². The second kappa shape index (κ2) is 6.31. The minimum absolute atomic E-state index is 0.0531. The van der Waals surface area contributed by atoms with E-state index in [0.29, 0.717) is 0 Å². The third kappa shape index (κ3) is 3.94. The highest BCUT2D eigenvalue weighted by Gasteiger charge is 2.12. The number of benzene rings is 2. The molecule has 0 spiro atoms. The molecule has 0 saturated carbocycles. The van der Waals surface area contributed by atoms with Gasteiger partial charge in [0.05, 0.1) is 0 Å². The van der Waals surface area contributed by atoms with Crippen molar-refractivity contribution in [3.63, 3.8) is 0 Å². The highest BCUT2D eigenvalue weighted by atomic mass is 16.1. The van der Waals surface area contributed by atoms with Crippen LogP contribution in [0.2, 0.25) is 0 Å². The number of hydrogen-bond donors (Lipinski definition) is 0. The lowest BCUT2D eigenvalue weighted by molar-refractivity contribution is 0.104. The molecule has 0 saturated heterocycles. The first-order valence-electron chi connectivity index (χ1n) is 7.67. The van der Waals surface area contributed by atoms with Crippen molar-refractivity contribution < 1.29 is 4.79 Å². The van der Waals surface area contributed by atoms with E-state index in [1.807, 2.05) is 38.1 Å². The zero-order valence-corrected chi connectivity index (χ0v) is 14.1. The maximum atomic E-state index is 12.3. The summed E-state index contributed by atoms with van der Waals surface area (Å²) in [7, 11) is 0. The topological polar surface area (TPSA) is 17.1 Å². The smallest absolute Gasteiger partial charge is 0.186 e. The first kappa shape index (κ1) is 16.2. The van der Waals surface area contributed by atoms with E-state index in [0.717, 1.165) is 16.7 Å². The first-order chi connectivity index (χ1) is 10.3. The van der Waals surface area contributed by atoms with Crippen molar-refractivity contribution in [3.8, 4) is 0 Å². The summed E-state index contributed by atoms with van der Waals surface area (Å²) < 4.78 is 0. The Morgan fingerprint density at radius 1 is 0.955 bits per heavy atom. The van der Waals surface area contributed by atoms with Crippen molar-refractivity contribution in [2.45, 2.75) is 40.0 Å². The van der Waals surface area contributed by atoms with Gasteiger partial charge in [-0.3, -0.25) is 4.79 Å². The van der Waals surface area contributed by atoms with Crippen LogP contribution in [-0.2, 0) is 5.41 Å². The molecule has 0 aliphatic heterocycles. The van der Waals surface area contributed by atoms with Crippen LogP contribution in [0, 0.1) is 13.8 Å². The number of hydrogen-bond acceptors (Lipinski definition) is 1. The molecule has 0 atom stereocenters. The Bertz CT molecular complexity index is 698. The Morgan fingerprint density at radius 3 is 2.14 bits per heavy atom. The predicted molar refractivity (Wildman–Crippen MR) is 94.4 cm³/mol. The molecule has 0 fully saturated rings. The molecule has 0 aliphatic carbocycles. The summed E-state index contributed by atoms with van der Waals surface area (Å²) in [6.45, 7) is 10.6. The van der Waals surface area contributed by atoms with Crippen molar-refractivity contribution in [3.05, 3.63) is 76.4 Å². The summed E-state index contributed by atoms with van der Waals surface area (Å²) in [5, 5.41) is 0. The van der Waals surface area contributed by atoms with Gasteiger partial charge in [-0.25, -0.2) is 0 Å². The molecule has 2 aromatic rings. The Morgan fingerprint density at radius 2 is 1.59 bits per heavy atom. The van der Waals surface area contributed by atoms with E-state index in [1.54, 1.807) is 6.08 Å². The fourth-order valence-electron chi connectivity index (χ4n) is 2.45. The molecule has 2 rings (SSSR count). The van der Waals surface area contributed by atoms with Crippen molar-refractivity contribution >= 4 is 11.9 Å². The Labute approximate surface area is 133 Å². The van der Waals surface area contributed by atoms with Crippen molar-refractivity contribution in [2.75, 3.05) is 0 Å². The molecule has 2 aromatic carbocycles. The minimum Gasteiger partial charge on any atom is -0.289 e. The Kier molecular flexibility index (Phi) is 4.65. The number of aryl methyl sites for hydroxylation is 2. The second-order valence-electron chi connectivity index (χ2n) is 6.89. The molecule has 0 aliphatic rings. The van der Waals surface area contributed by atoms with E-state index in [-0.39, 0.29) is 11.2 Å². The number of carbonyl (C=O) groups excluding carboxylic acids is 1. The number of carbonyl (C=O) groups is 1. The molecule has 0 unspecified atom stereocenters. The molecule has 1 heteroatoms. The normalized spacial score (nSPS) is 11.9. The average molecular weight is 292 g/mol. The van der Waals surface area contributed by atoms with Crippen LogP contribution in [-0.4, -0.2) is 5.78 Å². The van der Waals surface area contributed by atoms with E-state index in [2.05, 4.69) is 45.0 Å². The predicted octanol–water partition coefficient (Wildman–Crippen LogP) is 5.50. The number of rotatable bonds is 3. The molecule has 0 aromatic heterocycles. The third-order valence-electron chi connectivity index (χ3n) is 3.85. The summed E-state index contributed by atoms with van der Waals surface area (Å²) in [6.07, 6.45) is 3.54. The largest absolute Gasteiger partial charge is 0.289 e. The number of allylic oxidation sites excluding steroid dienone is 1. The minimum atomic E-state index is 0.0531. The molecule has 0 N–H and O–H groups in total. The van der Waals surface area contributed by atoms with Crippen LogP contribution in [0.5, 0.6) is 0 Å². The molecule has 114 valence electrons. The SMILES string of the molecule is Cc1ccc(C(=O)C=Cc2ccc(C(C)(C)C)cc2)c(C)c1. The average Bonchev–Trinajstić information content (AvgIpc) is 2.44. The zero-order valence-electron chi connectivity index (χ0n) is 14.1. The molecule has 22 heavy (non-hydrogen) atoms. The molecule has 0 heterocycles. The van der Waals surface area contributed by atoms with Gasteiger partial charge in [-0.2, -0.15) is 0 Å². The summed E-state index contributed by atoms with van der Waals surface area (Å²) in [4.78, 5) is 12.3. The van der Waals surface area contributed by atoms with Crippen LogP contribution in [0.25, 0.3) is 6.08 Å². The van der Waals surface area contributed by atoms with Crippen molar-refractivity contribution in [1.29, 1.82) is 0 Å². The van der Waals surface area contributed by atoms with Gasteiger partial charge in [0.15, 0.2) is 5.78 Å². The Balaban J connectivity index is 2.16. The van der Waals surface area contributed by atoms with E-state index >= 15 is 0 Å². The van der Waals surface area contributed by atoms with Gasteiger partial charge in [0.1, 0.15) is 0 Å². The van der Waals surface area contributed by atoms with Crippen LogP contribution in [0.1, 0.15) is 53.4 Å². The van der Waals surface area contributed by atoms with E-state index in [9.17, 15) is 4.79 Å². The fraction of sp³-hybridized carbons (Fsp3) is 0.286. The highest BCUT2D eigenvalue weighted by Crippen LogP contribution is 2.22. The lowest BCUT2D eigenvalue weighted by atomic mass is 9.87. The van der Waals surface area contributed by atoms with Gasteiger partial charge in [0.2, 0.25) is 0 Å². The van der Waals surface area contributed by atoms with Gasteiger partial charge < -0.3 is 0 Å². The van der Waals surface area contributed by atoms with Gasteiger partial charge in [-0.15, -0.1) is 0 Å². The molecule has 0 amide bonds. The fourth-order valence-corrected chi connectivity index (χ4v) is 2.45. The van der Waals surface area contributed by atoms with E-state index in [1.165, 1.54) is 11.1 Å². The lowest BCUT2D eigenvalue weighted by Gasteiger charge is -2.18. The second-order valence-corrected chi connectivity index (χ2v) is 6.89. The van der Waals surface area contributed by atoms with Gasteiger partial charge in [0, 0.05) is 5.56 Å². The van der Waals surface area contributed by atoms with Crippen LogP contribution < -0.4 is 0 Å². The van der Waals surface area contributed by atoms with Crippen LogP contribution >= 0.6 is 0 Å². The first-order valence-corrected chi connectivity index (χ1v) is 7.67. The third-order valence-corrected chi connectivity index (χ3v) is 3.85. The Hall–Kier alpha value is -2.15. The molecule has 0 bridgehead atoms. The molecular weight excluding hydrogens is 268 g/mol. The molecule has 0 radical (unpaired) electrons. The van der Waals surface area contributed by atoms with E-state index < -0.39 is 0 Å². The van der Waals surface area contributed by atoms with Gasteiger partial charge in [-0.1, -0.05) is 74.9 Å². The van der Waals surface area contributed by atoms with Gasteiger partial charge >= 0.3 is 0 Å². The zero-order chi connectivity index (χ0) is 16.3. The monoisotopic (exact) mass is 292 g/mol. The van der Waals surface area contributed by atoms with Gasteiger partial charge in [0.25, 0.3) is 0 Å². The number of ketones is 1. The summed E-state index contributed by atoms with van der Waals surface area (Å²) in [6, 6.07) is 14.3. The maximum Gasteiger partial charge on any atom is 0.186 e. The van der Waals surface area contributed by atoms with E-state index in [4.69, 9.17) is 0 Å². The van der Waals surface area contributed by atoms with Crippen LogP contribution in [0.4, 0.5) is 0 Å². The van der Waals surface area contributed by atoms with Crippen LogP contribution in [0.15, 0.2) is 48.5 Å². The summed E-state index contributed by atoms with van der Waals surface area (Å²) in [5.41, 5.74) is 5.47. The lowest BCUT2D eigenvalue weighted by Crippen LogP contribution is -2.10. The quantitative estimate of drug-likeness (QED) is 0.539. The maximum absolute atomic E-state index is 12.3. The van der Waals surface area contributed by atoms with Crippen molar-refractivity contribution in [1.82, 2.24) is 0 Å². The van der Waals surface area contributed by atoms with Crippen LogP contribution in [0.3, 0.4) is 0 Å². The van der Waals surface area contributed by atoms with Gasteiger partial charge in [-0.05, 0) is 42.0 Å². The summed E-state index contributed by atoms with van der Waals surface area (Å²) in [5.74, 6) is 0.0531. The summed E-state index contributed by atoms with van der Waals surface area (Å²) >= 11 is 0. The molecule has 1 nitrogen and oxygen atoms in total. The standard InChI is InChI=1S/C21H24O/c1-15-6-12-19(16(2)14-15)20(22)13-9-17-7-10-18(11-8-17)21(3,4)5/h6-14H,1-5H3. The molecular formula is C21H24O. The highest BCUT2D eigenvalue weighted by molar-refractivity contribution is 6.07.